The van der Waals surface area contributed by atoms with Crippen molar-refractivity contribution in [3.05, 3.63) is 35.4 Å². The van der Waals surface area contributed by atoms with Crippen LogP contribution in [0.4, 0.5) is 0 Å². The van der Waals surface area contributed by atoms with Crippen molar-refractivity contribution in [2.24, 2.45) is 0 Å². The molecule has 1 aromatic rings. The maximum atomic E-state index is 12.3. The van der Waals surface area contributed by atoms with E-state index >= 15 is 0 Å². The standard InChI is InChI=1S/C14H18N2O3S/c17-14(11-16-7-3-9-20(16,18)19)15-8-6-12-4-1-2-5-13(12)10-15/h1-2,4-5H,3,6-11H2. The summed E-state index contributed by atoms with van der Waals surface area (Å²) in [6, 6.07) is 8.09. The maximum absolute atomic E-state index is 12.3. The molecule has 2 heterocycles. The van der Waals surface area contributed by atoms with E-state index in [9.17, 15) is 13.2 Å². The molecule has 1 amide bonds. The number of hydrogen-bond donors (Lipinski definition) is 0. The zero-order chi connectivity index (χ0) is 14.2. The third-order valence-electron chi connectivity index (χ3n) is 4.00. The fourth-order valence-corrected chi connectivity index (χ4v) is 4.29. The molecule has 2 aliphatic heterocycles. The number of carbonyl (C=O) groups is 1. The van der Waals surface area contributed by atoms with Crippen LogP contribution in [0.1, 0.15) is 17.5 Å². The lowest BCUT2D eigenvalue weighted by Crippen LogP contribution is -2.43. The summed E-state index contributed by atoms with van der Waals surface area (Å²) in [5.41, 5.74) is 2.45. The van der Waals surface area contributed by atoms with Gasteiger partial charge in [0.15, 0.2) is 0 Å². The molecule has 1 saturated heterocycles. The predicted octanol–water partition coefficient (Wildman–Crippen LogP) is 0.607. The zero-order valence-electron chi connectivity index (χ0n) is 11.3. The second kappa shape index (κ2) is 5.18. The third-order valence-corrected chi connectivity index (χ3v) is 5.90. The van der Waals surface area contributed by atoms with E-state index in [0.29, 0.717) is 26.1 Å². The molecular formula is C14H18N2O3S. The van der Waals surface area contributed by atoms with Crippen LogP contribution in [0.5, 0.6) is 0 Å². The summed E-state index contributed by atoms with van der Waals surface area (Å²) in [6.07, 6.45) is 1.47. The molecule has 0 aromatic heterocycles. The van der Waals surface area contributed by atoms with Crippen LogP contribution in [0, 0.1) is 0 Å². The fourth-order valence-electron chi connectivity index (χ4n) is 2.83. The lowest BCUT2D eigenvalue weighted by atomic mass is 10.00. The van der Waals surface area contributed by atoms with Crippen LogP contribution in [0.25, 0.3) is 0 Å². The number of nitrogens with zero attached hydrogens (tertiary/aromatic N) is 2. The van der Waals surface area contributed by atoms with Crippen LogP contribution in [0.15, 0.2) is 24.3 Å². The van der Waals surface area contributed by atoms with Gasteiger partial charge in [-0.3, -0.25) is 4.79 Å². The quantitative estimate of drug-likeness (QED) is 0.803. The smallest absolute Gasteiger partial charge is 0.238 e. The van der Waals surface area contributed by atoms with Gasteiger partial charge in [0.25, 0.3) is 0 Å². The van der Waals surface area contributed by atoms with Crippen molar-refractivity contribution in [2.45, 2.75) is 19.4 Å². The zero-order valence-corrected chi connectivity index (χ0v) is 12.1. The van der Waals surface area contributed by atoms with E-state index in [1.807, 2.05) is 18.2 Å². The van der Waals surface area contributed by atoms with Crippen LogP contribution in [-0.2, 0) is 27.8 Å². The summed E-state index contributed by atoms with van der Waals surface area (Å²) in [4.78, 5) is 14.0. The molecule has 0 bridgehead atoms. The van der Waals surface area contributed by atoms with Gasteiger partial charge in [-0.1, -0.05) is 24.3 Å². The molecule has 0 atom stereocenters. The highest BCUT2D eigenvalue weighted by atomic mass is 32.2. The Kier molecular flexibility index (Phi) is 3.52. The van der Waals surface area contributed by atoms with Gasteiger partial charge in [-0.2, -0.15) is 4.31 Å². The number of amides is 1. The molecule has 20 heavy (non-hydrogen) atoms. The van der Waals surface area contributed by atoms with E-state index in [2.05, 4.69) is 6.07 Å². The molecule has 0 saturated carbocycles. The molecule has 108 valence electrons. The Morgan fingerprint density at radius 1 is 1.15 bits per heavy atom. The molecule has 0 aliphatic carbocycles. The molecule has 5 nitrogen and oxygen atoms in total. The first-order valence-electron chi connectivity index (χ1n) is 6.89. The van der Waals surface area contributed by atoms with Gasteiger partial charge in [0.05, 0.1) is 12.3 Å². The van der Waals surface area contributed by atoms with E-state index < -0.39 is 10.0 Å². The van der Waals surface area contributed by atoms with E-state index in [-0.39, 0.29) is 18.2 Å². The van der Waals surface area contributed by atoms with Crippen molar-refractivity contribution < 1.29 is 13.2 Å². The van der Waals surface area contributed by atoms with E-state index in [1.165, 1.54) is 9.87 Å². The molecule has 2 aliphatic rings. The van der Waals surface area contributed by atoms with E-state index in [4.69, 9.17) is 0 Å². The second-order valence-corrected chi connectivity index (χ2v) is 7.43. The summed E-state index contributed by atoms with van der Waals surface area (Å²) in [5, 5.41) is 0. The normalized spacial score (nSPS) is 21.7. The maximum Gasteiger partial charge on any atom is 0.238 e. The van der Waals surface area contributed by atoms with Crippen molar-refractivity contribution >= 4 is 15.9 Å². The summed E-state index contributed by atoms with van der Waals surface area (Å²) in [7, 11) is -3.20. The molecule has 6 heteroatoms. The Morgan fingerprint density at radius 2 is 1.90 bits per heavy atom. The number of sulfonamides is 1. The van der Waals surface area contributed by atoms with Crippen molar-refractivity contribution in [3.8, 4) is 0 Å². The summed E-state index contributed by atoms with van der Waals surface area (Å²) >= 11 is 0. The molecule has 0 radical (unpaired) electrons. The molecule has 3 rings (SSSR count). The van der Waals surface area contributed by atoms with Gasteiger partial charge in [0.1, 0.15) is 0 Å². The number of hydrogen-bond acceptors (Lipinski definition) is 3. The van der Waals surface area contributed by atoms with E-state index in [0.717, 1.165) is 12.0 Å². The Bertz CT molecular complexity index is 627. The number of rotatable bonds is 2. The second-order valence-electron chi connectivity index (χ2n) is 5.34. The van der Waals surface area contributed by atoms with Crippen LogP contribution in [-0.4, -0.2) is 48.9 Å². The molecule has 0 spiro atoms. The van der Waals surface area contributed by atoms with Crippen LogP contribution < -0.4 is 0 Å². The predicted molar refractivity (Wildman–Crippen MR) is 75.5 cm³/mol. The lowest BCUT2D eigenvalue weighted by Gasteiger charge is -2.30. The summed E-state index contributed by atoms with van der Waals surface area (Å²) in [5.74, 6) is 0.0771. The van der Waals surface area contributed by atoms with Crippen LogP contribution >= 0.6 is 0 Å². The first kappa shape index (κ1) is 13.6. The number of fused-ring (bicyclic) bond motifs is 1. The van der Waals surface area contributed by atoms with Crippen molar-refractivity contribution in [3.63, 3.8) is 0 Å². The highest BCUT2D eigenvalue weighted by molar-refractivity contribution is 7.89. The largest absolute Gasteiger partial charge is 0.337 e. The minimum absolute atomic E-state index is 0.00942. The molecule has 0 N–H and O–H groups in total. The monoisotopic (exact) mass is 294 g/mol. The van der Waals surface area contributed by atoms with Gasteiger partial charge in [0, 0.05) is 19.6 Å². The minimum Gasteiger partial charge on any atom is -0.337 e. The minimum atomic E-state index is -3.20. The van der Waals surface area contributed by atoms with Crippen molar-refractivity contribution in [1.29, 1.82) is 0 Å². The Morgan fingerprint density at radius 3 is 2.60 bits per heavy atom. The van der Waals surface area contributed by atoms with Crippen molar-refractivity contribution in [2.75, 3.05) is 25.4 Å². The average molecular weight is 294 g/mol. The SMILES string of the molecule is O=C(CN1CCCS1(=O)=O)N1CCc2ccccc2C1. The first-order valence-corrected chi connectivity index (χ1v) is 8.49. The lowest BCUT2D eigenvalue weighted by molar-refractivity contribution is -0.132. The molecule has 1 aromatic carbocycles. The fraction of sp³-hybridized carbons (Fsp3) is 0.500. The third kappa shape index (κ3) is 2.58. The van der Waals surface area contributed by atoms with Crippen LogP contribution in [0.2, 0.25) is 0 Å². The molecular weight excluding hydrogens is 276 g/mol. The number of carbonyl (C=O) groups excluding carboxylic acids is 1. The van der Waals surface area contributed by atoms with Gasteiger partial charge in [0.2, 0.25) is 15.9 Å². The first-order chi connectivity index (χ1) is 9.56. The topological polar surface area (TPSA) is 57.7 Å². The van der Waals surface area contributed by atoms with E-state index in [1.54, 1.807) is 4.90 Å². The Labute approximate surface area is 119 Å². The summed E-state index contributed by atoms with van der Waals surface area (Å²) in [6.45, 7) is 1.72. The van der Waals surface area contributed by atoms with Crippen molar-refractivity contribution in [1.82, 2.24) is 9.21 Å². The summed E-state index contributed by atoms with van der Waals surface area (Å²) < 4.78 is 24.8. The van der Waals surface area contributed by atoms with Crippen LogP contribution in [0.3, 0.4) is 0 Å². The highest BCUT2D eigenvalue weighted by Gasteiger charge is 2.31. The highest BCUT2D eigenvalue weighted by Crippen LogP contribution is 2.19. The van der Waals surface area contributed by atoms with Gasteiger partial charge < -0.3 is 4.90 Å². The molecule has 0 unspecified atom stereocenters. The van der Waals surface area contributed by atoms with Gasteiger partial charge in [-0.05, 0) is 24.0 Å². The van der Waals surface area contributed by atoms with Gasteiger partial charge >= 0.3 is 0 Å². The van der Waals surface area contributed by atoms with Gasteiger partial charge in [-0.15, -0.1) is 0 Å². The average Bonchev–Trinajstić information content (AvgIpc) is 2.77. The van der Waals surface area contributed by atoms with Gasteiger partial charge in [-0.25, -0.2) is 8.42 Å². The number of benzene rings is 1. The Hall–Kier alpha value is -1.40. The molecule has 1 fully saturated rings. The Balaban J connectivity index is 1.68.